The van der Waals surface area contributed by atoms with Gasteiger partial charge in [-0.3, -0.25) is 14.7 Å². The van der Waals surface area contributed by atoms with E-state index in [0.717, 1.165) is 45.2 Å². The summed E-state index contributed by atoms with van der Waals surface area (Å²) >= 11 is 0. The fourth-order valence-electron chi connectivity index (χ4n) is 9.10. The van der Waals surface area contributed by atoms with Crippen LogP contribution in [-0.2, 0) is 14.3 Å². The largest absolute Gasteiger partial charge is 0.508 e. The number of likely N-dealkylation sites (tertiary alicyclic amines) is 1. The van der Waals surface area contributed by atoms with E-state index in [4.69, 9.17) is 14.6 Å². The van der Waals surface area contributed by atoms with E-state index in [-0.39, 0.29) is 29.5 Å². The van der Waals surface area contributed by atoms with Crippen LogP contribution in [0, 0.1) is 34.5 Å². The molecule has 0 spiro atoms. The number of aliphatic carboxylic acids is 1. The van der Waals surface area contributed by atoms with E-state index >= 15 is 0 Å². The van der Waals surface area contributed by atoms with E-state index in [0.29, 0.717) is 37.1 Å². The number of piperidine rings is 1. The maximum absolute atomic E-state index is 12.5. The number of hydrogen-bond donors (Lipinski definition) is 1. The van der Waals surface area contributed by atoms with Gasteiger partial charge < -0.3 is 14.6 Å². The average Bonchev–Trinajstić information content (AvgIpc) is 3.31. The van der Waals surface area contributed by atoms with Crippen molar-refractivity contribution in [1.29, 1.82) is 0 Å². The Hall–Kier alpha value is -2.67. The summed E-state index contributed by atoms with van der Waals surface area (Å²) in [7, 11) is 0. The third-order valence-electron chi connectivity index (χ3n) is 11.4. The molecule has 40 heavy (non-hydrogen) atoms. The Morgan fingerprint density at radius 1 is 1.05 bits per heavy atom. The number of carboxylic acids is 1. The van der Waals surface area contributed by atoms with Crippen LogP contribution in [0.15, 0.2) is 42.3 Å². The molecule has 1 aromatic heterocycles. The second-order valence-electron chi connectivity index (χ2n) is 13.3. The van der Waals surface area contributed by atoms with Crippen LogP contribution in [0.5, 0.6) is 0 Å². The van der Waals surface area contributed by atoms with E-state index in [1.807, 2.05) is 12.4 Å². The minimum atomic E-state index is -0.709. The lowest BCUT2D eigenvalue weighted by atomic mass is 9.47. The molecule has 216 valence electrons. The first-order chi connectivity index (χ1) is 19.3. The number of rotatable bonds is 6. The van der Waals surface area contributed by atoms with Crippen molar-refractivity contribution in [3.63, 3.8) is 0 Å². The number of ether oxygens (including phenoxy) is 2. The van der Waals surface area contributed by atoms with E-state index in [1.54, 1.807) is 0 Å². The molecule has 0 radical (unpaired) electrons. The third kappa shape index (κ3) is 4.99. The van der Waals surface area contributed by atoms with Crippen molar-refractivity contribution < 1.29 is 24.2 Å². The highest BCUT2D eigenvalue weighted by Gasteiger charge is 2.57. The molecule has 5 aliphatic rings. The van der Waals surface area contributed by atoms with Gasteiger partial charge in [-0.1, -0.05) is 37.6 Å². The summed E-state index contributed by atoms with van der Waals surface area (Å²) in [5.41, 5.74) is 4.69. The van der Waals surface area contributed by atoms with E-state index in [2.05, 4.69) is 48.0 Å². The number of carbonyl (C=O) groups is 2. The van der Waals surface area contributed by atoms with Gasteiger partial charge in [0, 0.05) is 25.4 Å². The molecule has 7 nitrogen and oxygen atoms in total. The minimum absolute atomic E-state index is 0.117. The monoisotopic (exact) mass is 548 g/mol. The standard InChI is InChI=1S/C33H44N2O5/c1-32-13-9-25(40-31(38)39-19-18-35-16-11-22(12-17-35)30(36)37)20-24(32)5-6-26-28-8-7-27(23-4-3-15-34-21-23)33(28,2)14-10-29(26)32/h3-5,7,15,21-22,25-26,28-29H,6,8-14,16-20H2,1-2H3,(H,36,37)/t25-,26-,28-,29-,32-,33+/m0/s1. The predicted molar refractivity (Wildman–Crippen MR) is 152 cm³/mol. The van der Waals surface area contributed by atoms with Crippen molar-refractivity contribution in [2.75, 3.05) is 26.2 Å². The Bertz CT molecular complexity index is 1170. The van der Waals surface area contributed by atoms with Crippen LogP contribution in [0.1, 0.15) is 77.2 Å². The number of aromatic nitrogens is 1. The van der Waals surface area contributed by atoms with Crippen LogP contribution in [0.4, 0.5) is 4.79 Å². The fraction of sp³-hybridized carbons (Fsp3) is 0.667. The van der Waals surface area contributed by atoms with Crippen molar-refractivity contribution in [2.24, 2.45) is 34.5 Å². The molecular formula is C33H44N2O5. The summed E-state index contributed by atoms with van der Waals surface area (Å²) in [5, 5.41) is 9.16. The second-order valence-corrected chi connectivity index (χ2v) is 13.3. The van der Waals surface area contributed by atoms with E-state index < -0.39 is 12.1 Å². The first-order valence-corrected chi connectivity index (χ1v) is 15.4. The van der Waals surface area contributed by atoms with Gasteiger partial charge in [-0.2, -0.15) is 0 Å². The second kappa shape index (κ2) is 11.0. The summed E-state index contributed by atoms with van der Waals surface area (Å²) in [4.78, 5) is 30.2. The Morgan fingerprint density at radius 3 is 2.60 bits per heavy atom. The van der Waals surface area contributed by atoms with Crippen LogP contribution in [0.2, 0.25) is 0 Å². The third-order valence-corrected chi connectivity index (χ3v) is 11.4. The van der Waals surface area contributed by atoms with Crippen molar-refractivity contribution in [1.82, 2.24) is 9.88 Å². The summed E-state index contributed by atoms with van der Waals surface area (Å²) in [5.74, 6) is 1.10. The Morgan fingerprint density at radius 2 is 1.85 bits per heavy atom. The Balaban J connectivity index is 1.02. The van der Waals surface area contributed by atoms with Crippen LogP contribution >= 0.6 is 0 Å². The first kappa shape index (κ1) is 27.5. The lowest BCUT2D eigenvalue weighted by Crippen LogP contribution is -2.50. The Labute approximate surface area is 238 Å². The highest BCUT2D eigenvalue weighted by atomic mass is 16.7. The zero-order valence-corrected chi connectivity index (χ0v) is 24.0. The van der Waals surface area contributed by atoms with Gasteiger partial charge in [-0.25, -0.2) is 4.79 Å². The van der Waals surface area contributed by atoms with Crippen LogP contribution in [0.3, 0.4) is 0 Å². The minimum Gasteiger partial charge on any atom is -0.481 e. The summed E-state index contributed by atoms with van der Waals surface area (Å²) in [6.07, 6.45) is 17.0. The number of hydrogen-bond acceptors (Lipinski definition) is 6. The number of pyridine rings is 1. The van der Waals surface area contributed by atoms with Crippen LogP contribution < -0.4 is 0 Å². The summed E-state index contributed by atoms with van der Waals surface area (Å²) < 4.78 is 11.2. The van der Waals surface area contributed by atoms with Gasteiger partial charge >= 0.3 is 12.1 Å². The molecule has 4 aliphatic carbocycles. The number of fused-ring (bicyclic) bond motifs is 5. The Kier molecular flexibility index (Phi) is 7.53. The van der Waals surface area contributed by atoms with Gasteiger partial charge in [0.2, 0.25) is 0 Å². The number of carboxylic acid groups (broad SMARTS) is 1. The van der Waals surface area contributed by atoms with Gasteiger partial charge in [0.05, 0.1) is 5.92 Å². The lowest BCUT2D eigenvalue weighted by molar-refractivity contribution is -0.143. The van der Waals surface area contributed by atoms with Gasteiger partial charge in [0.15, 0.2) is 0 Å². The zero-order valence-electron chi connectivity index (χ0n) is 24.0. The van der Waals surface area contributed by atoms with Crippen molar-refractivity contribution in [2.45, 2.75) is 77.7 Å². The quantitative estimate of drug-likeness (QED) is 0.327. The van der Waals surface area contributed by atoms with Crippen LogP contribution in [-0.4, -0.2) is 59.5 Å². The van der Waals surface area contributed by atoms with Crippen molar-refractivity contribution in [3.05, 3.63) is 47.8 Å². The van der Waals surface area contributed by atoms with Crippen LogP contribution in [0.25, 0.3) is 5.57 Å². The molecule has 0 bridgehead atoms. The topological polar surface area (TPSA) is 89.0 Å². The normalized spacial score (nSPS) is 36.0. The average molecular weight is 549 g/mol. The molecular weight excluding hydrogens is 504 g/mol. The molecule has 2 heterocycles. The lowest BCUT2D eigenvalue weighted by Gasteiger charge is -2.57. The maximum Gasteiger partial charge on any atom is 0.508 e. The molecule has 2 saturated carbocycles. The molecule has 0 unspecified atom stereocenters. The molecule has 1 N–H and O–H groups in total. The van der Waals surface area contributed by atoms with Gasteiger partial charge in [-0.15, -0.1) is 0 Å². The van der Waals surface area contributed by atoms with Crippen molar-refractivity contribution in [3.8, 4) is 0 Å². The molecule has 1 saturated heterocycles. The molecule has 6 atom stereocenters. The van der Waals surface area contributed by atoms with Gasteiger partial charge in [-0.05, 0) is 110 Å². The summed E-state index contributed by atoms with van der Waals surface area (Å²) in [6, 6.07) is 4.27. The fourth-order valence-corrected chi connectivity index (χ4v) is 9.10. The van der Waals surface area contributed by atoms with Gasteiger partial charge in [0.1, 0.15) is 12.7 Å². The molecule has 6 rings (SSSR count). The molecule has 0 aromatic carbocycles. The van der Waals surface area contributed by atoms with Gasteiger partial charge in [0.25, 0.3) is 0 Å². The summed E-state index contributed by atoms with van der Waals surface area (Å²) in [6.45, 7) is 7.33. The van der Waals surface area contributed by atoms with E-state index in [1.165, 1.54) is 29.6 Å². The number of allylic oxidation sites excluding steroid dienone is 3. The highest BCUT2D eigenvalue weighted by molar-refractivity contribution is 5.72. The molecule has 3 fully saturated rings. The molecule has 0 amide bonds. The predicted octanol–water partition coefficient (Wildman–Crippen LogP) is 6.36. The number of carbonyl (C=O) groups excluding carboxylic acids is 1. The smallest absolute Gasteiger partial charge is 0.481 e. The SMILES string of the molecule is C[C@]12CC[C@H](OC(=O)OCCN3CCC(C(=O)O)CC3)CC1=CC[C@@H]1[C@@H]2CC[C@]2(C)C(c3cccnc3)=CC[C@@H]12. The molecule has 1 aliphatic heterocycles. The van der Waals surface area contributed by atoms with E-state index in [9.17, 15) is 9.59 Å². The first-order valence-electron chi connectivity index (χ1n) is 15.4. The molecule has 7 heteroatoms. The highest BCUT2D eigenvalue weighted by Crippen LogP contribution is 2.66. The zero-order chi connectivity index (χ0) is 27.9. The number of nitrogens with zero attached hydrogens (tertiary/aromatic N) is 2. The maximum atomic E-state index is 12.5. The molecule has 1 aromatic rings. The van der Waals surface area contributed by atoms with Crippen molar-refractivity contribution >= 4 is 17.7 Å².